The normalized spacial score (nSPS) is 11.9. The summed E-state index contributed by atoms with van der Waals surface area (Å²) >= 11 is 0. The fourth-order valence-corrected chi connectivity index (χ4v) is 8.06. The van der Waals surface area contributed by atoms with E-state index in [0.717, 1.165) is 98.3 Å². The third kappa shape index (κ3) is 4.70. The predicted molar refractivity (Wildman–Crippen MR) is 218 cm³/mol. The first kappa shape index (κ1) is 30.3. The molecule has 11 aromatic rings. The van der Waals surface area contributed by atoms with E-state index >= 15 is 0 Å². The molecule has 0 aliphatic rings. The maximum atomic E-state index is 5.01. The Morgan fingerprint density at radius 1 is 0.389 bits per heavy atom. The molecule has 0 spiro atoms. The zero-order valence-electron chi connectivity index (χ0n) is 29.4. The Morgan fingerprint density at radius 2 is 0.796 bits per heavy atom. The van der Waals surface area contributed by atoms with Crippen LogP contribution in [0.2, 0.25) is 0 Å². The van der Waals surface area contributed by atoms with Crippen molar-refractivity contribution in [3.05, 3.63) is 146 Å². The van der Waals surface area contributed by atoms with Crippen LogP contribution in [0.5, 0.6) is 0 Å². The maximum Gasteiger partial charge on any atom is 0.159 e. The van der Waals surface area contributed by atoms with Crippen LogP contribution in [-0.2, 0) is 14.1 Å². The summed E-state index contributed by atoms with van der Waals surface area (Å²) in [7, 11) is 3.95. The van der Waals surface area contributed by atoms with Gasteiger partial charge in [-0.3, -0.25) is 9.36 Å². The molecule has 0 saturated carbocycles. The summed E-state index contributed by atoms with van der Waals surface area (Å²) in [4.78, 5) is 19.3. The Hall–Kier alpha value is -7.32. The van der Waals surface area contributed by atoms with Crippen LogP contribution in [-0.4, -0.2) is 39.5 Å². The molecule has 7 aromatic carbocycles. The molecule has 4 heterocycles. The topological polar surface area (TPSA) is 87.2 Å². The van der Waals surface area contributed by atoms with Gasteiger partial charge in [0.25, 0.3) is 0 Å². The fraction of sp³-hybridized carbons (Fsp3) is 0.0435. The zero-order chi connectivity index (χ0) is 35.9. The van der Waals surface area contributed by atoms with E-state index in [1.54, 1.807) is 0 Å². The van der Waals surface area contributed by atoms with Gasteiger partial charge in [-0.15, -0.1) is 0 Å². The van der Waals surface area contributed by atoms with Crippen LogP contribution in [0.3, 0.4) is 0 Å². The quantitative estimate of drug-likeness (QED) is 0.135. The van der Waals surface area contributed by atoms with Crippen molar-refractivity contribution in [1.29, 1.82) is 0 Å². The predicted octanol–water partition coefficient (Wildman–Crippen LogP) is 10.3. The van der Waals surface area contributed by atoms with Gasteiger partial charge in [0.2, 0.25) is 0 Å². The van der Waals surface area contributed by atoms with Gasteiger partial charge in [-0.25, -0.2) is 19.9 Å². The number of hydrogen-bond donors (Lipinski definition) is 0. The monoisotopic (exact) mass is 694 g/mol. The lowest BCUT2D eigenvalue weighted by atomic mass is 9.88. The van der Waals surface area contributed by atoms with Gasteiger partial charge in [0.1, 0.15) is 11.0 Å². The fourth-order valence-electron chi connectivity index (χ4n) is 8.06. The summed E-state index contributed by atoms with van der Waals surface area (Å²) in [5.74, 6) is 1.40. The molecule has 8 nitrogen and oxygen atoms in total. The van der Waals surface area contributed by atoms with Crippen molar-refractivity contribution in [2.75, 3.05) is 0 Å². The highest BCUT2D eigenvalue weighted by Gasteiger charge is 2.19. The molecule has 254 valence electrons. The van der Waals surface area contributed by atoms with Gasteiger partial charge in [0, 0.05) is 95.1 Å². The first-order chi connectivity index (χ1) is 26.6. The third-order valence-electron chi connectivity index (χ3n) is 10.5. The summed E-state index contributed by atoms with van der Waals surface area (Å²) in [6.45, 7) is 0. The third-order valence-corrected chi connectivity index (χ3v) is 10.5. The van der Waals surface area contributed by atoms with Crippen molar-refractivity contribution in [3.63, 3.8) is 0 Å². The SMILES string of the molecule is Cn1cc2ccc3c(-c4cnc(-c5ccccc5)nc4)cc4cc5c(cc(-c6cnc(-c7ccccc7)nc6)c6ccc7cn(C)nc7c65)cc4c3c2n1. The molecule has 0 N–H and O–H groups in total. The molecular formula is C46H30N8. The van der Waals surface area contributed by atoms with E-state index < -0.39 is 0 Å². The second kappa shape index (κ2) is 11.6. The van der Waals surface area contributed by atoms with Crippen molar-refractivity contribution in [1.82, 2.24) is 39.5 Å². The molecule has 0 aliphatic carbocycles. The van der Waals surface area contributed by atoms with Gasteiger partial charge in [-0.1, -0.05) is 84.9 Å². The van der Waals surface area contributed by atoms with Gasteiger partial charge in [0.05, 0.1) is 0 Å². The molecule has 0 radical (unpaired) electrons. The smallest absolute Gasteiger partial charge is 0.159 e. The van der Waals surface area contributed by atoms with Crippen LogP contribution in [0.15, 0.2) is 146 Å². The molecule has 8 heteroatoms. The summed E-state index contributed by atoms with van der Waals surface area (Å²) in [6.07, 6.45) is 11.9. The van der Waals surface area contributed by atoms with Gasteiger partial charge in [-0.05, 0) is 67.7 Å². The molecule has 4 aromatic heterocycles. The number of nitrogens with zero attached hydrogens (tertiary/aromatic N) is 8. The lowest BCUT2D eigenvalue weighted by molar-refractivity contribution is 0.780. The van der Waals surface area contributed by atoms with E-state index in [0.29, 0.717) is 11.6 Å². The van der Waals surface area contributed by atoms with Crippen molar-refractivity contribution >= 4 is 64.9 Å². The van der Waals surface area contributed by atoms with E-state index in [9.17, 15) is 0 Å². The highest BCUT2D eigenvalue weighted by atomic mass is 15.2. The minimum atomic E-state index is 0.698. The number of fused-ring (bicyclic) bond motifs is 10. The largest absolute Gasteiger partial charge is 0.275 e. The Balaban J connectivity index is 1.21. The van der Waals surface area contributed by atoms with Crippen LogP contribution in [0, 0.1) is 0 Å². The molecular weight excluding hydrogens is 665 g/mol. The highest BCUT2D eigenvalue weighted by molar-refractivity contribution is 6.29. The molecule has 0 bridgehead atoms. The summed E-state index contributed by atoms with van der Waals surface area (Å²) in [5, 5.41) is 21.1. The van der Waals surface area contributed by atoms with Crippen LogP contribution in [0.4, 0.5) is 0 Å². The molecule has 0 saturated heterocycles. The maximum absolute atomic E-state index is 5.01. The molecule has 0 fully saturated rings. The lowest BCUT2D eigenvalue weighted by Crippen LogP contribution is -1.93. The average molecular weight is 695 g/mol. The zero-order valence-corrected chi connectivity index (χ0v) is 29.4. The Bertz CT molecular complexity index is 3030. The van der Waals surface area contributed by atoms with Crippen molar-refractivity contribution in [2.24, 2.45) is 14.1 Å². The number of rotatable bonds is 4. The van der Waals surface area contributed by atoms with Crippen molar-refractivity contribution in [2.45, 2.75) is 0 Å². The Labute approximate surface area is 309 Å². The van der Waals surface area contributed by atoms with Gasteiger partial charge in [-0.2, -0.15) is 10.2 Å². The van der Waals surface area contributed by atoms with Gasteiger partial charge < -0.3 is 0 Å². The first-order valence-corrected chi connectivity index (χ1v) is 17.9. The van der Waals surface area contributed by atoms with E-state index in [1.165, 1.54) is 0 Å². The average Bonchev–Trinajstić information content (AvgIpc) is 3.81. The van der Waals surface area contributed by atoms with Crippen LogP contribution < -0.4 is 0 Å². The molecule has 0 amide bonds. The first-order valence-electron chi connectivity index (χ1n) is 17.9. The van der Waals surface area contributed by atoms with Gasteiger partial charge in [0.15, 0.2) is 11.6 Å². The molecule has 54 heavy (non-hydrogen) atoms. The minimum absolute atomic E-state index is 0.698. The van der Waals surface area contributed by atoms with Crippen LogP contribution in [0.25, 0.3) is 110 Å². The highest BCUT2D eigenvalue weighted by Crippen LogP contribution is 2.44. The van der Waals surface area contributed by atoms with Crippen LogP contribution in [0.1, 0.15) is 0 Å². The van der Waals surface area contributed by atoms with Crippen molar-refractivity contribution < 1.29 is 0 Å². The standard InChI is InChI=1S/C46H30N8/c1-53-25-29-13-15-35-37(33-21-47-45(48-22-33)27-9-5-3-6-10-27)17-31-20-40-32(19-39(31)41(35)43(29)51-53)18-38(36-16-14-30-26-54(2)52-44(30)42(36)40)34-23-49-46(50-24-34)28-11-7-4-8-12-28/h3-26H,1-2H3. The van der Waals surface area contributed by atoms with E-state index in [-0.39, 0.29) is 0 Å². The van der Waals surface area contributed by atoms with Crippen LogP contribution >= 0.6 is 0 Å². The Kier molecular flexibility index (Phi) is 6.51. The summed E-state index contributed by atoms with van der Waals surface area (Å²) in [6, 6.07) is 38.1. The van der Waals surface area contributed by atoms with Gasteiger partial charge >= 0.3 is 0 Å². The number of aromatic nitrogens is 8. The van der Waals surface area contributed by atoms with E-state index in [4.69, 9.17) is 30.1 Å². The number of hydrogen-bond acceptors (Lipinski definition) is 6. The number of benzene rings is 7. The van der Waals surface area contributed by atoms with Crippen molar-refractivity contribution in [3.8, 4) is 45.0 Å². The lowest BCUT2D eigenvalue weighted by Gasteiger charge is -2.15. The molecule has 0 aliphatic heterocycles. The van der Waals surface area contributed by atoms with E-state index in [1.807, 2.05) is 109 Å². The van der Waals surface area contributed by atoms with E-state index in [2.05, 4.69) is 60.9 Å². The molecule has 0 unspecified atom stereocenters. The molecule has 0 atom stereocenters. The second-order valence-corrected chi connectivity index (χ2v) is 13.9. The minimum Gasteiger partial charge on any atom is -0.275 e. The molecule has 11 rings (SSSR count). The summed E-state index contributed by atoms with van der Waals surface area (Å²) in [5.41, 5.74) is 7.90. The Morgan fingerprint density at radius 3 is 1.20 bits per heavy atom. The number of aryl methyl sites for hydroxylation is 2. The second-order valence-electron chi connectivity index (χ2n) is 13.9. The summed E-state index contributed by atoms with van der Waals surface area (Å²) < 4.78 is 3.79.